The maximum Gasteiger partial charge on any atom is 0.230 e. The van der Waals surface area contributed by atoms with Gasteiger partial charge in [-0.05, 0) is 17.7 Å². The number of nitrogens with one attached hydrogen (secondary N) is 2. The Hall–Kier alpha value is -1.06. The highest BCUT2D eigenvalue weighted by Crippen LogP contribution is 2.08. The molecule has 0 saturated carbocycles. The van der Waals surface area contributed by atoms with Gasteiger partial charge in [-0.2, -0.15) is 0 Å². The van der Waals surface area contributed by atoms with E-state index < -0.39 is 0 Å². The van der Waals surface area contributed by atoms with Gasteiger partial charge in [0.2, 0.25) is 5.91 Å². The van der Waals surface area contributed by atoms with Gasteiger partial charge in [-0.25, -0.2) is 5.43 Å². The molecule has 1 rings (SSSR count). The molecule has 2 N–H and O–H groups in total. The topological polar surface area (TPSA) is 41.1 Å². The quantitative estimate of drug-likeness (QED) is 0.723. The first kappa shape index (κ1) is 10.0. The lowest BCUT2D eigenvalue weighted by molar-refractivity contribution is -0.119. The summed E-state index contributed by atoms with van der Waals surface area (Å²) in [4.78, 5) is 10.5. The van der Waals surface area contributed by atoms with E-state index in [2.05, 4.69) is 10.9 Å². The number of benzene rings is 1. The minimum atomic E-state index is -0.103. The molecule has 1 amide bonds. The van der Waals surface area contributed by atoms with Crippen LogP contribution in [0.25, 0.3) is 0 Å². The van der Waals surface area contributed by atoms with Crippen LogP contribution in [0.15, 0.2) is 24.3 Å². The summed E-state index contributed by atoms with van der Waals surface area (Å²) < 4.78 is 0. The molecule has 0 aromatic heterocycles. The standard InChI is InChI=1S/C9H11ClN2O/c1-7(13)12-11-6-8-2-4-9(10)5-3-8/h2-5,11H,6H2,1H3,(H,12,13). The molecule has 0 aliphatic rings. The van der Waals surface area contributed by atoms with Crippen LogP contribution in [0.3, 0.4) is 0 Å². The van der Waals surface area contributed by atoms with Crippen molar-refractivity contribution in [3.63, 3.8) is 0 Å². The molecule has 0 radical (unpaired) electrons. The van der Waals surface area contributed by atoms with Crippen LogP contribution < -0.4 is 10.9 Å². The van der Waals surface area contributed by atoms with Crippen molar-refractivity contribution in [1.82, 2.24) is 10.9 Å². The minimum absolute atomic E-state index is 0.103. The lowest BCUT2D eigenvalue weighted by Crippen LogP contribution is -2.34. The molecule has 3 nitrogen and oxygen atoms in total. The van der Waals surface area contributed by atoms with Crippen LogP contribution in [0.5, 0.6) is 0 Å². The molecule has 0 bridgehead atoms. The summed E-state index contributed by atoms with van der Waals surface area (Å²) in [5.41, 5.74) is 6.33. The summed E-state index contributed by atoms with van der Waals surface area (Å²) in [5, 5.41) is 0.711. The molecule has 0 saturated heterocycles. The van der Waals surface area contributed by atoms with Gasteiger partial charge in [0.25, 0.3) is 0 Å². The van der Waals surface area contributed by atoms with Gasteiger partial charge in [0.15, 0.2) is 0 Å². The van der Waals surface area contributed by atoms with E-state index in [4.69, 9.17) is 11.6 Å². The highest BCUT2D eigenvalue weighted by molar-refractivity contribution is 6.30. The normalized spacial score (nSPS) is 9.69. The molecule has 0 aliphatic heterocycles. The fourth-order valence-corrected chi connectivity index (χ4v) is 0.999. The third-order valence-electron chi connectivity index (χ3n) is 1.47. The SMILES string of the molecule is CC(=O)NNCc1ccc(Cl)cc1. The molecule has 0 spiro atoms. The molecular weight excluding hydrogens is 188 g/mol. The Morgan fingerprint density at radius 3 is 2.54 bits per heavy atom. The summed E-state index contributed by atoms with van der Waals surface area (Å²) >= 11 is 5.71. The van der Waals surface area contributed by atoms with Gasteiger partial charge in [-0.3, -0.25) is 10.2 Å². The number of hydrogen-bond acceptors (Lipinski definition) is 2. The zero-order chi connectivity index (χ0) is 9.68. The second kappa shape index (κ2) is 4.84. The third kappa shape index (κ3) is 3.92. The number of rotatable bonds is 3. The lowest BCUT2D eigenvalue weighted by atomic mass is 10.2. The molecule has 0 aliphatic carbocycles. The Bertz CT molecular complexity index is 284. The Morgan fingerprint density at radius 2 is 2.00 bits per heavy atom. The van der Waals surface area contributed by atoms with Gasteiger partial charge in [0, 0.05) is 18.5 Å². The first-order valence-electron chi connectivity index (χ1n) is 3.92. The van der Waals surface area contributed by atoms with E-state index in [0.29, 0.717) is 11.6 Å². The molecule has 0 atom stereocenters. The van der Waals surface area contributed by atoms with Crippen LogP contribution in [-0.4, -0.2) is 5.91 Å². The molecule has 0 unspecified atom stereocenters. The smallest absolute Gasteiger partial charge is 0.230 e. The van der Waals surface area contributed by atoms with Gasteiger partial charge in [0.1, 0.15) is 0 Å². The molecule has 1 aromatic carbocycles. The second-order valence-corrected chi connectivity index (χ2v) is 3.10. The van der Waals surface area contributed by atoms with E-state index in [1.54, 1.807) is 0 Å². The minimum Gasteiger partial charge on any atom is -0.292 e. The predicted molar refractivity (Wildman–Crippen MR) is 52.1 cm³/mol. The fourth-order valence-electron chi connectivity index (χ4n) is 0.873. The average molecular weight is 199 g/mol. The first-order valence-corrected chi connectivity index (χ1v) is 4.30. The monoisotopic (exact) mass is 198 g/mol. The molecule has 0 heterocycles. The highest BCUT2D eigenvalue weighted by Gasteiger charge is 1.92. The predicted octanol–water partition coefficient (Wildman–Crippen LogP) is 1.48. The maximum absolute atomic E-state index is 10.5. The Labute approximate surface area is 82.1 Å². The van der Waals surface area contributed by atoms with Crippen molar-refractivity contribution in [1.29, 1.82) is 0 Å². The number of carbonyl (C=O) groups excluding carboxylic acids is 1. The number of amides is 1. The fraction of sp³-hybridized carbons (Fsp3) is 0.222. The molecule has 13 heavy (non-hydrogen) atoms. The molecule has 4 heteroatoms. The van der Waals surface area contributed by atoms with Crippen LogP contribution in [0.4, 0.5) is 0 Å². The van der Waals surface area contributed by atoms with E-state index >= 15 is 0 Å². The summed E-state index contributed by atoms with van der Waals surface area (Å²) in [6.45, 7) is 2.05. The van der Waals surface area contributed by atoms with Gasteiger partial charge in [-0.1, -0.05) is 23.7 Å². The first-order chi connectivity index (χ1) is 6.18. The molecule has 1 aromatic rings. The number of hydrazine groups is 1. The van der Waals surface area contributed by atoms with E-state index in [0.717, 1.165) is 5.56 Å². The number of halogens is 1. The van der Waals surface area contributed by atoms with Crippen LogP contribution in [0, 0.1) is 0 Å². The Morgan fingerprint density at radius 1 is 1.38 bits per heavy atom. The zero-order valence-corrected chi connectivity index (χ0v) is 8.06. The van der Waals surface area contributed by atoms with Crippen molar-refractivity contribution in [2.45, 2.75) is 13.5 Å². The maximum atomic E-state index is 10.5. The van der Waals surface area contributed by atoms with Gasteiger partial charge >= 0.3 is 0 Å². The summed E-state index contributed by atoms with van der Waals surface area (Å²) in [5.74, 6) is -0.103. The molecule has 70 valence electrons. The summed E-state index contributed by atoms with van der Waals surface area (Å²) in [6.07, 6.45) is 0. The second-order valence-electron chi connectivity index (χ2n) is 2.66. The summed E-state index contributed by atoms with van der Waals surface area (Å²) in [7, 11) is 0. The largest absolute Gasteiger partial charge is 0.292 e. The van der Waals surface area contributed by atoms with E-state index in [9.17, 15) is 4.79 Å². The number of hydrogen-bond donors (Lipinski definition) is 2. The highest BCUT2D eigenvalue weighted by atomic mass is 35.5. The molecule has 0 fully saturated rings. The third-order valence-corrected chi connectivity index (χ3v) is 1.72. The van der Waals surface area contributed by atoms with Crippen LogP contribution >= 0.6 is 11.6 Å². The van der Waals surface area contributed by atoms with Gasteiger partial charge < -0.3 is 0 Å². The van der Waals surface area contributed by atoms with Crippen molar-refractivity contribution in [2.24, 2.45) is 0 Å². The Balaban J connectivity index is 2.37. The van der Waals surface area contributed by atoms with Crippen LogP contribution in [0.1, 0.15) is 12.5 Å². The van der Waals surface area contributed by atoms with E-state index in [1.807, 2.05) is 24.3 Å². The lowest BCUT2D eigenvalue weighted by Gasteiger charge is -2.04. The van der Waals surface area contributed by atoms with Crippen molar-refractivity contribution in [2.75, 3.05) is 0 Å². The van der Waals surface area contributed by atoms with Crippen molar-refractivity contribution < 1.29 is 4.79 Å². The van der Waals surface area contributed by atoms with Gasteiger partial charge in [-0.15, -0.1) is 0 Å². The zero-order valence-electron chi connectivity index (χ0n) is 7.30. The Kier molecular flexibility index (Phi) is 3.73. The van der Waals surface area contributed by atoms with Gasteiger partial charge in [0.05, 0.1) is 0 Å². The van der Waals surface area contributed by atoms with E-state index in [-0.39, 0.29) is 5.91 Å². The summed E-state index contributed by atoms with van der Waals surface area (Å²) in [6, 6.07) is 7.42. The van der Waals surface area contributed by atoms with Crippen molar-refractivity contribution in [3.05, 3.63) is 34.9 Å². The average Bonchev–Trinajstić information content (AvgIpc) is 2.08. The van der Waals surface area contributed by atoms with Crippen LogP contribution in [-0.2, 0) is 11.3 Å². The van der Waals surface area contributed by atoms with Crippen molar-refractivity contribution >= 4 is 17.5 Å². The van der Waals surface area contributed by atoms with E-state index in [1.165, 1.54) is 6.92 Å². The number of carbonyl (C=O) groups is 1. The van der Waals surface area contributed by atoms with Crippen LogP contribution in [0.2, 0.25) is 5.02 Å². The van der Waals surface area contributed by atoms with Crippen molar-refractivity contribution in [3.8, 4) is 0 Å². The molecular formula is C9H11ClN2O.